The van der Waals surface area contributed by atoms with E-state index in [9.17, 15) is 13.7 Å². The van der Waals surface area contributed by atoms with Crippen molar-refractivity contribution in [1.82, 2.24) is 4.31 Å². The zero-order valence-corrected chi connectivity index (χ0v) is 15.3. The van der Waals surface area contributed by atoms with Crippen molar-refractivity contribution in [3.63, 3.8) is 0 Å². The van der Waals surface area contributed by atoms with Gasteiger partial charge in [0.2, 0.25) is 10.0 Å². The van der Waals surface area contributed by atoms with Crippen LogP contribution in [-0.4, -0.2) is 25.8 Å². The molecule has 4 nitrogen and oxygen atoms in total. The number of hydrogen-bond acceptors (Lipinski definition) is 3. The quantitative estimate of drug-likeness (QED) is 0.848. The van der Waals surface area contributed by atoms with Gasteiger partial charge in [-0.2, -0.15) is 9.57 Å². The topological polar surface area (TPSA) is 61.2 Å². The predicted molar refractivity (Wildman–Crippen MR) is 97.5 cm³/mol. The van der Waals surface area contributed by atoms with Gasteiger partial charge in [0.1, 0.15) is 0 Å². The van der Waals surface area contributed by atoms with Gasteiger partial charge >= 0.3 is 0 Å². The number of hydrogen-bond donors (Lipinski definition) is 0. The predicted octanol–water partition coefficient (Wildman–Crippen LogP) is 3.49. The van der Waals surface area contributed by atoms with Crippen LogP contribution < -0.4 is 0 Å². The van der Waals surface area contributed by atoms with E-state index in [0.717, 1.165) is 11.1 Å². The van der Waals surface area contributed by atoms with E-state index in [1.165, 1.54) is 4.31 Å². The van der Waals surface area contributed by atoms with Crippen LogP contribution in [0.25, 0.3) is 0 Å². The number of aryl methyl sites for hydroxylation is 1. The minimum atomic E-state index is -3.53. The number of rotatable bonds is 3. The molecule has 25 heavy (non-hydrogen) atoms. The Morgan fingerprint density at radius 1 is 1.12 bits per heavy atom. The van der Waals surface area contributed by atoms with E-state index in [1.54, 1.807) is 12.1 Å². The Balaban J connectivity index is 1.89. The molecule has 0 aliphatic carbocycles. The number of piperidine rings is 1. The van der Waals surface area contributed by atoms with Gasteiger partial charge in [-0.25, -0.2) is 8.42 Å². The van der Waals surface area contributed by atoms with Gasteiger partial charge in [0.15, 0.2) is 0 Å². The first-order chi connectivity index (χ1) is 11.9. The molecule has 0 radical (unpaired) electrons. The molecule has 1 saturated heterocycles. The standard InChI is InChI=1S/C20H22N2O2S/c1-16-8-10-19(11-9-16)25(23,24)22-13-12-20(15-21,17(2)14-22)18-6-4-3-5-7-18/h3-11,17H,12-14H2,1-2H3/t17-,20+/m1/s1. The Morgan fingerprint density at radius 2 is 1.76 bits per heavy atom. The first-order valence-electron chi connectivity index (χ1n) is 8.44. The van der Waals surface area contributed by atoms with Crippen molar-refractivity contribution >= 4 is 10.0 Å². The monoisotopic (exact) mass is 354 g/mol. The molecule has 0 unspecified atom stereocenters. The average Bonchev–Trinajstić information content (AvgIpc) is 2.63. The van der Waals surface area contributed by atoms with Crippen LogP contribution in [0.3, 0.4) is 0 Å². The Bertz CT molecular complexity index is 886. The van der Waals surface area contributed by atoms with E-state index in [1.807, 2.05) is 56.3 Å². The van der Waals surface area contributed by atoms with E-state index in [-0.39, 0.29) is 5.92 Å². The van der Waals surface area contributed by atoms with Gasteiger partial charge in [0.05, 0.1) is 16.4 Å². The summed E-state index contributed by atoms with van der Waals surface area (Å²) in [7, 11) is -3.53. The fraction of sp³-hybridized carbons (Fsp3) is 0.350. The molecule has 1 aliphatic heterocycles. The van der Waals surface area contributed by atoms with Crippen molar-refractivity contribution in [1.29, 1.82) is 5.26 Å². The normalized spacial score (nSPS) is 24.6. The highest BCUT2D eigenvalue weighted by Crippen LogP contribution is 2.40. The molecular formula is C20H22N2O2S. The maximum atomic E-state index is 12.9. The van der Waals surface area contributed by atoms with Crippen LogP contribution in [0, 0.1) is 24.2 Å². The molecule has 3 rings (SSSR count). The molecule has 0 spiro atoms. The van der Waals surface area contributed by atoms with Gasteiger partial charge in [0.25, 0.3) is 0 Å². The number of sulfonamides is 1. The SMILES string of the molecule is Cc1ccc(S(=O)(=O)N2CC[C@@](C#N)(c3ccccc3)[C@H](C)C2)cc1. The fourth-order valence-electron chi connectivity index (χ4n) is 3.57. The second kappa shape index (κ2) is 6.62. The second-order valence-corrected chi connectivity index (χ2v) is 8.71. The highest BCUT2D eigenvalue weighted by molar-refractivity contribution is 7.89. The summed E-state index contributed by atoms with van der Waals surface area (Å²) in [6.07, 6.45) is 0.500. The van der Waals surface area contributed by atoms with E-state index in [0.29, 0.717) is 24.4 Å². The lowest BCUT2D eigenvalue weighted by molar-refractivity contribution is 0.201. The number of nitriles is 1. The van der Waals surface area contributed by atoms with Crippen LogP contribution in [0.2, 0.25) is 0 Å². The summed E-state index contributed by atoms with van der Waals surface area (Å²) < 4.78 is 27.4. The summed E-state index contributed by atoms with van der Waals surface area (Å²) in [5.41, 5.74) is 1.36. The molecule has 130 valence electrons. The third kappa shape index (κ3) is 3.08. The minimum absolute atomic E-state index is 0.0890. The van der Waals surface area contributed by atoms with Gasteiger partial charge in [0, 0.05) is 13.1 Å². The van der Waals surface area contributed by atoms with Crippen molar-refractivity contribution in [2.24, 2.45) is 5.92 Å². The summed E-state index contributed by atoms with van der Waals surface area (Å²) in [5.74, 6) is -0.0890. The zero-order valence-electron chi connectivity index (χ0n) is 14.5. The lowest BCUT2D eigenvalue weighted by Gasteiger charge is -2.42. The Hall–Kier alpha value is -2.16. The van der Waals surface area contributed by atoms with Crippen LogP contribution >= 0.6 is 0 Å². The van der Waals surface area contributed by atoms with Crippen molar-refractivity contribution in [2.45, 2.75) is 30.6 Å². The van der Waals surface area contributed by atoms with Crippen molar-refractivity contribution < 1.29 is 8.42 Å². The van der Waals surface area contributed by atoms with Crippen LogP contribution in [0.15, 0.2) is 59.5 Å². The molecule has 5 heteroatoms. The highest BCUT2D eigenvalue weighted by atomic mass is 32.2. The van der Waals surface area contributed by atoms with Crippen molar-refractivity contribution in [3.8, 4) is 6.07 Å². The molecular weight excluding hydrogens is 332 g/mol. The maximum Gasteiger partial charge on any atom is 0.243 e. The first-order valence-corrected chi connectivity index (χ1v) is 9.88. The van der Waals surface area contributed by atoms with Gasteiger partial charge in [-0.1, -0.05) is 55.0 Å². The van der Waals surface area contributed by atoms with Gasteiger partial charge in [-0.15, -0.1) is 0 Å². The molecule has 1 aliphatic rings. The molecule has 2 aromatic rings. The molecule has 0 saturated carbocycles. The summed E-state index contributed by atoms with van der Waals surface area (Å²) in [6.45, 7) is 4.59. The molecule has 0 aromatic heterocycles. The maximum absolute atomic E-state index is 12.9. The number of nitrogens with zero attached hydrogens (tertiary/aromatic N) is 2. The summed E-state index contributed by atoms with van der Waals surface area (Å²) in [5, 5.41) is 9.88. The summed E-state index contributed by atoms with van der Waals surface area (Å²) in [6, 6.07) is 19.1. The van der Waals surface area contributed by atoms with E-state index in [4.69, 9.17) is 0 Å². The minimum Gasteiger partial charge on any atom is -0.207 e. The molecule has 2 aromatic carbocycles. The van der Waals surface area contributed by atoms with Crippen LogP contribution in [0.5, 0.6) is 0 Å². The Labute approximate surface area is 149 Å². The smallest absolute Gasteiger partial charge is 0.207 e. The molecule has 1 fully saturated rings. The Kier molecular flexibility index (Phi) is 4.68. The first kappa shape index (κ1) is 17.7. The fourth-order valence-corrected chi connectivity index (χ4v) is 5.10. The second-order valence-electron chi connectivity index (χ2n) is 6.78. The molecule has 0 bridgehead atoms. The van der Waals surface area contributed by atoms with Crippen LogP contribution in [0.4, 0.5) is 0 Å². The van der Waals surface area contributed by atoms with Gasteiger partial charge in [-0.05, 0) is 37.0 Å². The molecule has 0 amide bonds. The third-order valence-electron chi connectivity index (χ3n) is 5.22. The lowest BCUT2D eigenvalue weighted by atomic mass is 9.68. The third-order valence-corrected chi connectivity index (χ3v) is 7.10. The van der Waals surface area contributed by atoms with E-state index in [2.05, 4.69) is 6.07 Å². The summed E-state index contributed by atoms with van der Waals surface area (Å²) >= 11 is 0. The average molecular weight is 354 g/mol. The molecule has 1 heterocycles. The zero-order chi connectivity index (χ0) is 18.1. The Morgan fingerprint density at radius 3 is 2.32 bits per heavy atom. The van der Waals surface area contributed by atoms with E-state index >= 15 is 0 Å². The largest absolute Gasteiger partial charge is 0.243 e. The number of benzene rings is 2. The molecule has 0 N–H and O–H groups in total. The van der Waals surface area contributed by atoms with Crippen LogP contribution in [-0.2, 0) is 15.4 Å². The van der Waals surface area contributed by atoms with Crippen molar-refractivity contribution in [2.75, 3.05) is 13.1 Å². The highest BCUT2D eigenvalue weighted by Gasteiger charge is 2.45. The lowest BCUT2D eigenvalue weighted by Crippen LogP contribution is -2.50. The summed E-state index contributed by atoms with van der Waals surface area (Å²) in [4.78, 5) is 0.314. The molecule has 2 atom stereocenters. The van der Waals surface area contributed by atoms with Crippen molar-refractivity contribution in [3.05, 3.63) is 65.7 Å². The van der Waals surface area contributed by atoms with E-state index < -0.39 is 15.4 Å². The van der Waals surface area contributed by atoms with Crippen LogP contribution in [0.1, 0.15) is 24.5 Å². The van der Waals surface area contributed by atoms with Gasteiger partial charge in [-0.3, -0.25) is 0 Å². The van der Waals surface area contributed by atoms with Gasteiger partial charge < -0.3 is 0 Å².